The molecule has 0 aromatic carbocycles. The number of hydrogen-bond acceptors (Lipinski definition) is 4. The van der Waals surface area contributed by atoms with E-state index in [-0.39, 0.29) is 6.42 Å². The first-order valence-electron chi connectivity index (χ1n) is 7.99. The Hall–Kier alpha value is -1.85. The highest BCUT2D eigenvalue weighted by molar-refractivity contribution is 5.74. The zero-order valence-corrected chi connectivity index (χ0v) is 13.0. The number of rotatable bonds is 1. The second-order valence-electron chi connectivity index (χ2n) is 6.32. The van der Waals surface area contributed by atoms with E-state index in [2.05, 4.69) is 17.8 Å². The van der Waals surface area contributed by atoms with Crippen LogP contribution < -0.4 is 0 Å². The maximum absolute atomic E-state index is 11.2. The van der Waals surface area contributed by atoms with Gasteiger partial charge in [0, 0.05) is 19.3 Å². The summed E-state index contributed by atoms with van der Waals surface area (Å²) in [6.07, 6.45) is 14.6. The quantitative estimate of drug-likeness (QED) is 0.593. The summed E-state index contributed by atoms with van der Waals surface area (Å²) in [6, 6.07) is 0. The predicted molar refractivity (Wildman–Crippen MR) is 85.0 cm³/mol. The predicted octanol–water partition coefficient (Wildman–Crippen LogP) is 1.88. The second-order valence-corrected chi connectivity index (χ2v) is 6.32. The van der Waals surface area contributed by atoms with Crippen molar-refractivity contribution in [1.82, 2.24) is 0 Å². The van der Waals surface area contributed by atoms with Gasteiger partial charge in [-0.2, -0.15) is 0 Å². The van der Waals surface area contributed by atoms with Crippen molar-refractivity contribution in [2.24, 2.45) is 0 Å². The number of ether oxygens (including phenoxy) is 2. The maximum atomic E-state index is 11.2. The molecule has 0 bridgehead atoms. The number of terminal acetylenes is 1. The molecular weight excluding hydrogens is 292 g/mol. The molecule has 2 aliphatic carbocycles. The number of aldehydes is 1. The molecule has 1 spiro atoms. The van der Waals surface area contributed by atoms with Crippen LogP contribution in [0.15, 0.2) is 23.8 Å². The second kappa shape index (κ2) is 6.34. The van der Waals surface area contributed by atoms with E-state index in [0.29, 0.717) is 5.57 Å². The highest BCUT2D eigenvalue weighted by Gasteiger charge is 2.56. The standard InChI is InChI=1S/C19H20O4/c1-2-3-4-6-9-18(21)13-15(14-20)12-16-17(18)23-19(22-16)10-7-5-8-11-19/h1,3-4,12,14,16-17,21H,5,7-8,10-11,13H2/b4-3-/t16-,17-,18+/m1/s1. The molecule has 1 saturated carbocycles. The summed E-state index contributed by atoms with van der Waals surface area (Å²) in [6.45, 7) is 0. The van der Waals surface area contributed by atoms with E-state index >= 15 is 0 Å². The molecule has 120 valence electrons. The van der Waals surface area contributed by atoms with Crippen LogP contribution in [0, 0.1) is 24.2 Å². The normalized spacial score (nSPS) is 35.0. The average Bonchev–Trinajstić information content (AvgIpc) is 2.91. The summed E-state index contributed by atoms with van der Waals surface area (Å²) >= 11 is 0. The molecule has 2 fully saturated rings. The van der Waals surface area contributed by atoms with Crippen LogP contribution in [0.1, 0.15) is 38.5 Å². The van der Waals surface area contributed by atoms with Crippen LogP contribution in [0.4, 0.5) is 0 Å². The van der Waals surface area contributed by atoms with Crippen molar-refractivity contribution in [3.05, 3.63) is 23.8 Å². The van der Waals surface area contributed by atoms with Crippen molar-refractivity contribution >= 4 is 6.29 Å². The van der Waals surface area contributed by atoms with Crippen molar-refractivity contribution in [3.63, 3.8) is 0 Å². The Labute approximate surface area is 136 Å². The highest BCUT2D eigenvalue weighted by Crippen LogP contribution is 2.46. The zero-order chi connectivity index (χ0) is 16.3. The Balaban J connectivity index is 1.90. The van der Waals surface area contributed by atoms with Gasteiger partial charge in [-0.25, -0.2) is 0 Å². The number of aliphatic hydroxyl groups is 1. The van der Waals surface area contributed by atoms with Crippen LogP contribution in [0.3, 0.4) is 0 Å². The van der Waals surface area contributed by atoms with E-state index in [0.717, 1.165) is 32.0 Å². The third kappa shape index (κ3) is 3.12. The van der Waals surface area contributed by atoms with Crippen molar-refractivity contribution in [3.8, 4) is 24.2 Å². The Morgan fingerprint density at radius 1 is 1.26 bits per heavy atom. The number of allylic oxidation sites excluding steroid dienone is 2. The molecule has 0 radical (unpaired) electrons. The Bertz CT molecular complexity index is 637. The van der Waals surface area contributed by atoms with Gasteiger partial charge in [0.15, 0.2) is 11.4 Å². The zero-order valence-electron chi connectivity index (χ0n) is 13.0. The van der Waals surface area contributed by atoms with Gasteiger partial charge in [0.05, 0.1) is 0 Å². The monoisotopic (exact) mass is 312 g/mol. The first-order valence-corrected chi connectivity index (χ1v) is 7.99. The lowest BCUT2D eigenvalue weighted by Crippen LogP contribution is -2.49. The Morgan fingerprint density at radius 3 is 2.74 bits per heavy atom. The van der Waals surface area contributed by atoms with E-state index in [9.17, 15) is 9.90 Å². The minimum absolute atomic E-state index is 0.133. The molecule has 1 saturated heterocycles. The smallest absolute Gasteiger partial charge is 0.169 e. The number of fused-ring (bicyclic) bond motifs is 1. The van der Waals surface area contributed by atoms with Crippen molar-refractivity contribution in [2.45, 2.75) is 62.1 Å². The van der Waals surface area contributed by atoms with Crippen molar-refractivity contribution in [1.29, 1.82) is 0 Å². The van der Waals surface area contributed by atoms with Gasteiger partial charge >= 0.3 is 0 Å². The van der Waals surface area contributed by atoms with Gasteiger partial charge in [0.25, 0.3) is 0 Å². The van der Waals surface area contributed by atoms with E-state index < -0.39 is 23.6 Å². The molecule has 3 aliphatic rings. The fourth-order valence-corrected chi connectivity index (χ4v) is 3.59. The molecule has 1 aliphatic heterocycles. The lowest BCUT2D eigenvalue weighted by atomic mass is 9.81. The van der Waals surface area contributed by atoms with Crippen molar-refractivity contribution in [2.75, 3.05) is 0 Å². The molecule has 0 unspecified atom stereocenters. The van der Waals surface area contributed by atoms with Gasteiger partial charge in [-0.3, -0.25) is 4.79 Å². The molecule has 3 rings (SSSR count). The lowest BCUT2D eigenvalue weighted by molar-refractivity contribution is -0.202. The molecule has 1 heterocycles. The van der Waals surface area contributed by atoms with Gasteiger partial charge in [-0.1, -0.05) is 24.2 Å². The summed E-state index contributed by atoms with van der Waals surface area (Å²) in [7, 11) is 0. The van der Waals surface area contributed by atoms with Crippen LogP contribution in [-0.2, 0) is 14.3 Å². The summed E-state index contributed by atoms with van der Waals surface area (Å²) in [4.78, 5) is 11.2. The Kier molecular flexibility index (Phi) is 4.41. The largest absolute Gasteiger partial charge is 0.374 e. The third-order valence-corrected chi connectivity index (χ3v) is 4.63. The molecular formula is C19H20O4. The SMILES string of the molecule is C#C/C=C\C#C[C@]1(O)CC(C=O)=C[C@H]2OC3(CCCCC3)O[C@H]21. The minimum atomic E-state index is -1.45. The summed E-state index contributed by atoms with van der Waals surface area (Å²) < 4.78 is 12.3. The molecule has 4 nitrogen and oxygen atoms in total. The summed E-state index contributed by atoms with van der Waals surface area (Å²) in [5.74, 6) is 7.25. The first kappa shape index (κ1) is 16.0. The first-order chi connectivity index (χ1) is 11.1. The average molecular weight is 312 g/mol. The van der Waals surface area contributed by atoms with E-state index in [1.807, 2.05) is 0 Å². The van der Waals surface area contributed by atoms with E-state index in [1.165, 1.54) is 18.6 Å². The number of carbonyl (C=O) groups is 1. The van der Waals surface area contributed by atoms with Crippen LogP contribution in [-0.4, -0.2) is 35.0 Å². The molecule has 1 N–H and O–H groups in total. The molecule has 23 heavy (non-hydrogen) atoms. The van der Waals surface area contributed by atoms with E-state index in [4.69, 9.17) is 15.9 Å². The van der Waals surface area contributed by atoms with E-state index in [1.54, 1.807) is 6.08 Å². The minimum Gasteiger partial charge on any atom is -0.374 e. The molecule has 0 amide bonds. The number of hydrogen-bond donors (Lipinski definition) is 1. The van der Waals surface area contributed by atoms with Crippen LogP contribution in [0.2, 0.25) is 0 Å². The van der Waals surface area contributed by atoms with Gasteiger partial charge in [-0.15, -0.1) is 6.42 Å². The van der Waals surface area contributed by atoms with Crippen LogP contribution >= 0.6 is 0 Å². The van der Waals surface area contributed by atoms with Crippen molar-refractivity contribution < 1.29 is 19.4 Å². The molecule has 0 aromatic heterocycles. The lowest BCUT2D eigenvalue weighted by Gasteiger charge is -2.35. The molecule has 3 atom stereocenters. The molecule has 4 heteroatoms. The van der Waals surface area contributed by atoms with Gasteiger partial charge in [0.2, 0.25) is 0 Å². The summed E-state index contributed by atoms with van der Waals surface area (Å²) in [5.41, 5.74) is -0.962. The van der Waals surface area contributed by atoms with Crippen LogP contribution in [0.25, 0.3) is 0 Å². The number of carbonyl (C=O) groups excluding carboxylic acids is 1. The fraction of sp³-hybridized carbons (Fsp3) is 0.526. The molecule has 0 aromatic rings. The fourth-order valence-electron chi connectivity index (χ4n) is 3.59. The highest BCUT2D eigenvalue weighted by atomic mass is 16.8. The maximum Gasteiger partial charge on any atom is 0.169 e. The van der Waals surface area contributed by atoms with Crippen LogP contribution in [0.5, 0.6) is 0 Å². The Morgan fingerprint density at radius 2 is 2.04 bits per heavy atom. The topological polar surface area (TPSA) is 55.8 Å². The van der Waals surface area contributed by atoms with Gasteiger partial charge < -0.3 is 14.6 Å². The third-order valence-electron chi connectivity index (χ3n) is 4.63. The van der Waals surface area contributed by atoms with Gasteiger partial charge in [-0.05, 0) is 36.6 Å². The van der Waals surface area contributed by atoms with Gasteiger partial charge in [0.1, 0.15) is 18.5 Å². The summed E-state index contributed by atoms with van der Waals surface area (Å²) in [5, 5.41) is 11.0.